The van der Waals surface area contributed by atoms with Crippen molar-refractivity contribution in [1.82, 2.24) is 4.98 Å². The zero-order chi connectivity index (χ0) is 9.26. The Morgan fingerprint density at radius 3 is 3.00 bits per heavy atom. The zero-order valence-electron chi connectivity index (χ0n) is 8.03. The molecule has 1 fully saturated rings. The fraction of sp³-hybridized carbons (Fsp3) is 0.545. The number of aryl methyl sites for hydroxylation is 1. The van der Waals surface area contributed by atoms with E-state index in [-0.39, 0.29) is 6.04 Å². The summed E-state index contributed by atoms with van der Waals surface area (Å²) < 4.78 is 0. The Kier molecular flexibility index (Phi) is 2.32. The van der Waals surface area contributed by atoms with E-state index in [4.69, 9.17) is 5.73 Å². The first kappa shape index (κ1) is 8.70. The van der Waals surface area contributed by atoms with E-state index >= 15 is 0 Å². The summed E-state index contributed by atoms with van der Waals surface area (Å²) in [5.74, 6) is 0.873. The monoisotopic (exact) mass is 176 g/mol. The molecule has 2 N–H and O–H groups in total. The first-order valence-corrected chi connectivity index (χ1v) is 4.94. The summed E-state index contributed by atoms with van der Waals surface area (Å²) in [5.41, 5.74) is 8.34. The molecule has 0 saturated heterocycles. The van der Waals surface area contributed by atoms with E-state index in [1.807, 2.05) is 12.3 Å². The van der Waals surface area contributed by atoms with E-state index in [0.29, 0.717) is 0 Å². The zero-order valence-corrected chi connectivity index (χ0v) is 8.03. The molecule has 1 saturated carbocycles. The highest BCUT2D eigenvalue weighted by Gasteiger charge is 2.24. The molecule has 0 unspecified atom stereocenters. The summed E-state index contributed by atoms with van der Waals surface area (Å²) in [6, 6.07) is 4.24. The van der Waals surface area contributed by atoms with Gasteiger partial charge in [0.15, 0.2) is 0 Å². The lowest BCUT2D eigenvalue weighted by Crippen LogP contribution is -2.12. The number of pyridine rings is 1. The van der Waals surface area contributed by atoms with Gasteiger partial charge in [-0.1, -0.05) is 12.8 Å². The average molecular weight is 176 g/mol. The minimum Gasteiger partial charge on any atom is -0.323 e. The summed E-state index contributed by atoms with van der Waals surface area (Å²) in [4.78, 5) is 4.30. The predicted octanol–water partition coefficient (Wildman–Crippen LogP) is 2.19. The first-order valence-electron chi connectivity index (χ1n) is 4.94. The molecular weight excluding hydrogens is 160 g/mol. The second-order valence-corrected chi connectivity index (χ2v) is 4.04. The van der Waals surface area contributed by atoms with Gasteiger partial charge in [-0.3, -0.25) is 4.98 Å². The summed E-state index contributed by atoms with van der Waals surface area (Å²) in [5, 5.41) is 0. The SMILES string of the molecule is Cc1ccnc([C@H](N)CC2CC2)c1. The van der Waals surface area contributed by atoms with Crippen molar-refractivity contribution in [3.8, 4) is 0 Å². The summed E-state index contributed by atoms with van der Waals surface area (Å²) in [7, 11) is 0. The Hall–Kier alpha value is -0.890. The number of hydrogen-bond donors (Lipinski definition) is 1. The molecule has 1 aliphatic carbocycles. The van der Waals surface area contributed by atoms with Crippen LogP contribution in [-0.2, 0) is 0 Å². The molecule has 2 nitrogen and oxygen atoms in total. The lowest BCUT2D eigenvalue weighted by atomic mass is 10.1. The third-order valence-corrected chi connectivity index (χ3v) is 2.60. The average Bonchev–Trinajstić information content (AvgIpc) is 2.88. The lowest BCUT2D eigenvalue weighted by Gasteiger charge is -2.10. The van der Waals surface area contributed by atoms with Crippen LogP contribution in [0.5, 0.6) is 0 Å². The van der Waals surface area contributed by atoms with Crippen molar-refractivity contribution >= 4 is 0 Å². The Morgan fingerprint density at radius 2 is 2.38 bits per heavy atom. The molecule has 1 aromatic rings. The van der Waals surface area contributed by atoms with E-state index in [0.717, 1.165) is 18.0 Å². The Morgan fingerprint density at radius 1 is 1.62 bits per heavy atom. The van der Waals surface area contributed by atoms with Crippen LogP contribution in [0, 0.1) is 12.8 Å². The molecule has 0 spiro atoms. The largest absolute Gasteiger partial charge is 0.323 e. The van der Waals surface area contributed by atoms with Crippen molar-refractivity contribution in [1.29, 1.82) is 0 Å². The molecule has 0 radical (unpaired) electrons. The van der Waals surface area contributed by atoms with E-state index in [1.165, 1.54) is 18.4 Å². The molecule has 0 aromatic carbocycles. The van der Waals surface area contributed by atoms with Gasteiger partial charge in [-0.2, -0.15) is 0 Å². The number of nitrogens with two attached hydrogens (primary N) is 1. The molecule has 0 aliphatic heterocycles. The molecule has 1 aromatic heterocycles. The number of rotatable bonds is 3. The molecule has 13 heavy (non-hydrogen) atoms. The molecule has 0 amide bonds. The van der Waals surface area contributed by atoms with Gasteiger partial charge in [-0.15, -0.1) is 0 Å². The van der Waals surface area contributed by atoms with Crippen molar-refractivity contribution in [2.75, 3.05) is 0 Å². The maximum Gasteiger partial charge on any atom is 0.0573 e. The fourth-order valence-corrected chi connectivity index (χ4v) is 1.60. The third-order valence-electron chi connectivity index (χ3n) is 2.60. The van der Waals surface area contributed by atoms with Crippen molar-refractivity contribution in [2.24, 2.45) is 11.7 Å². The number of aromatic nitrogens is 1. The van der Waals surface area contributed by atoms with Crippen molar-refractivity contribution < 1.29 is 0 Å². The van der Waals surface area contributed by atoms with Crippen LogP contribution in [0.3, 0.4) is 0 Å². The van der Waals surface area contributed by atoms with E-state index in [2.05, 4.69) is 18.0 Å². The first-order chi connectivity index (χ1) is 6.25. The van der Waals surface area contributed by atoms with E-state index in [9.17, 15) is 0 Å². The van der Waals surface area contributed by atoms with Gasteiger partial charge in [0.1, 0.15) is 0 Å². The smallest absolute Gasteiger partial charge is 0.0573 e. The van der Waals surface area contributed by atoms with Gasteiger partial charge in [0.05, 0.1) is 5.69 Å². The van der Waals surface area contributed by atoms with Crippen LogP contribution in [0.25, 0.3) is 0 Å². The topological polar surface area (TPSA) is 38.9 Å². The van der Waals surface area contributed by atoms with Gasteiger partial charge in [0, 0.05) is 12.2 Å². The van der Waals surface area contributed by atoms with Gasteiger partial charge in [-0.05, 0) is 37.0 Å². The summed E-state index contributed by atoms with van der Waals surface area (Å²) in [6.45, 7) is 2.08. The summed E-state index contributed by atoms with van der Waals surface area (Å²) >= 11 is 0. The molecule has 70 valence electrons. The van der Waals surface area contributed by atoms with Crippen molar-refractivity contribution in [2.45, 2.75) is 32.2 Å². The number of nitrogens with zero attached hydrogens (tertiary/aromatic N) is 1. The van der Waals surface area contributed by atoms with Crippen LogP contribution >= 0.6 is 0 Å². The van der Waals surface area contributed by atoms with Crippen LogP contribution in [0.15, 0.2) is 18.3 Å². The van der Waals surface area contributed by atoms with Crippen LogP contribution in [0.4, 0.5) is 0 Å². The molecule has 1 aliphatic rings. The molecule has 1 heterocycles. The highest BCUT2D eigenvalue weighted by molar-refractivity contribution is 5.17. The Bertz CT molecular complexity index is 292. The second kappa shape index (κ2) is 3.46. The van der Waals surface area contributed by atoms with Crippen LogP contribution < -0.4 is 5.73 Å². The minimum atomic E-state index is 0.146. The lowest BCUT2D eigenvalue weighted by molar-refractivity contribution is 0.583. The van der Waals surface area contributed by atoms with Crippen LogP contribution in [0.2, 0.25) is 0 Å². The van der Waals surface area contributed by atoms with Gasteiger partial charge in [0.2, 0.25) is 0 Å². The quantitative estimate of drug-likeness (QED) is 0.766. The van der Waals surface area contributed by atoms with Crippen molar-refractivity contribution in [3.05, 3.63) is 29.6 Å². The molecule has 2 rings (SSSR count). The summed E-state index contributed by atoms with van der Waals surface area (Å²) in [6.07, 6.45) is 5.67. The van der Waals surface area contributed by atoms with Gasteiger partial charge < -0.3 is 5.73 Å². The minimum absolute atomic E-state index is 0.146. The van der Waals surface area contributed by atoms with E-state index < -0.39 is 0 Å². The van der Waals surface area contributed by atoms with Crippen molar-refractivity contribution in [3.63, 3.8) is 0 Å². The fourth-order valence-electron chi connectivity index (χ4n) is 1.60. The highest BCUT2D eigenvalue weighted by Crippen LogP contribution is 2.36. The predicted molar refractivity (Wildman–Crippen MR) is 53.2 cm³/mol. The second-order valence-electron chi connectivity index (χ2n) is 4.04. The third kappa shape index (κ3) is 2.28. The normalized spacial score (nSPS) is 18.6. The van der Waals surface area contributed by atoms with Gasteiger partial charge in [0.25, 0.3) is 0 Å². The molecule has 2 heteroatoms. The van der Waals surface area contributed by atoms with E-state index in [1.54, 1.807) is 0 Å². The van der Waals surface area contributed by atoms with Crippen LogP contribution in [0.1, 0.15) is 36.6 Å². The van der Waals surface area contributed by atoms with Gasteiger partial charge >= 0.3 is 0 Å². The Labute approximate surface area is 79.2 Å². The van der Waals surface area contributed by atoms with Gasteiger partial charge in [-0.25, -0.2) is 0 Å². The maximum atomic E-state index is 6.04. The molecule has 1 atom stereocenters. The molecule has 0 bridgehead atoms. The number of hydrogen-bond acceptors (Lipinski definition) is 2. The molecular formula is C11H16N2. The standard InChI is InChI=1S/C11H16N2/c1-8-4-5-13-11(6-8)10(12)7-9-2-3-9/h4-6,9-10H,2-3,7,12H2,1H3/t10-/m1/s1. The highest BCUT2D eigenvalue weighted by atomic mass is 14.8. The Balaban J connectivity index is 2.04. The van der Waals surface area contributed by atoms with Crippen LogP contribution in [-0.4, -0.2) is 4.98 Å². The maximum absolute atomic E-state index is 6.04.